The number of rotatable bonds is 4. The summed E-state index contributed by atoms with van der Waals surface area (Å²) < 4.78 is 22.9. The van der Waals surface area contributed by atoms with Gasteiger partial charge in [-0.2, -0.15) is 0 Å². The molecule has 0 fully saturated rings. The van der Waals surface area contributed by atoms with E-state index in [2.05, 4.69) is 9.97 Å². The van der Waals surface area contributed by atoms with Crippen LogP contribution in [0.15, 0.2) is 23.6 Å². The van der Waals surface area contributed by atoms with Gasteiger partial charge in [-0.15, -0.1) is 11.6 Å². The average Bonchev–Trinajstić information content (AvgIpc) is 2.16. The van der Waals surface area contributed by atoms with E-state index >= 15 is 0 Å². The molecule has 4 nitrogen and oxygen atoms in total. The molecule has 1 heterocycles. The van der Waals surface area contributed by atoms with Crippen molar-refractivity contribution in [2.75, 3.05) is 11.6 Å². The van der Waals surface area contributed by atoms with Crippen molar-refractivity contribution < 1.29 is 8.42 Å². The minimum Gasteiger partial charge on any atom is -0.260 e. The molecule has 0 aliphatic rings. The first-order valence-corrected chi connectivity index (χ1v) is 5.90. The molecule has 0 atom stereocenters. The van der Waals surface area contributed by atoms with Crippen LogP contribution in [0.2, 0.25) is 0 Å². The highest BCUT2D eigenvalue weighted by Gasteiger charge is 2.14. The lowest BCUT2D eigenvalue weighted by atomic mass is 10.6. The summed E-state index contributed by atoms with van der Waals surface area (Å²) in [5, 5.41) is 0.0140. The van der Waals surface area contributed by atoms with Crippen LogP contribution in [0, 0.1) is 0 Å². The smallest absolute Gasteiger partial charge is 0.197 e. The maximum absolute atomic E-state index is 11.4. The summed E-state index contributed by atoms with van der Waals surface area (Å²) in [6.45, 7) is 0. The van der Waals surface area contributed by atoms with Crippen LogP contribution in [-0.4, -0.2) is 30.0 Å². The molecule has 1 aromatic rings. The fraction of sp³-hybridized carbons (Fsp3) is 0.429. The van der Waals surface area contributed by atoms with E-state index in [-0.39, 0.29) is 10.8 Å². The first-order chi connectivity index (χ1) is 6.17. The van der Waals surface area contributed by atoms with Crippen molar-refractivity contribution in [2.45, 2.75) is 11.4 Å². The Bertz CT molecular complexity index is 352. The van der Waals surface area contributed by atoms with Crippen molar-refractivity contribution in [3.63, 3.8) is 0 Å². The summed E-state index contributed by atoms with van der Waals surface area (Å²) in [5.41, 5.74) is 0. The fourth-order valence-electron chi connectivity index (χ4n) is 0.795. The van der Waals surface area contributed by atoms with Crippen molar-refractivity contribution in [1.29, 1.82) is 0 Å². The number of halogens is 1. The Balaban J connectivity index is 2.83. The lowest BCUT2D eigenvalue weighted by molar-refractivity contribution is 0.590. The van der Waals surface area contributed by atoms with Gasteiger partial charge in [-0.25, -0.2) is 13.4 Å². The van der Waals surface area contributed by atoms with Gasteiger partial charge in [0.1, 0.15) is 0 Å². The Morgan fingerprint density at radius 1 is 1.38 bits per heavy atom. The van der Waals surface area contributed by atoms with E-state index in [0.717, 1.165) is 0 Å². The maximum atomic E-state index is 11.4. The maximum Gasteiger partial charge on any atom is 0.197 e. The van der Waals surface area contributed by atoms with Crippen LogP contribution >= 0.6 is 11.6 Å². The minimum absolute atomic E-state index is 0.0140. The zero-order valence-electron chi connectivity index (χ0n) is 6.85. The third-order valence-corrected chi connectivity index (χ3v) is 3.35. The van der Waals surface area contributed by atoms with Crippen LogP contribution in [-0.2, 0) is 9.84 Å². The van der Waals surface area contributed by atoms with Gasteiger partial charge in [0.05, 0.1) is 11.9 Å². The van der Waals surface area contributed by atoms with E-state index in [4.69, 9.17) is 11.6 Å². The lowest BCUT2D eigenvalue weighted by Gasteiger charge is -1.99. The van der Waals surface area contributed by atoms with Gasteiger partial charge < -0.3 is 0 Å². The Labute approximate surface area is 81.9 Å². The molecule has 0 unspecified atom stereocenters. The lowest BCUT2D eigenvalue weighted by Crippen LogP contribution is -2.09. The highest BCUT2D eigenvalue weighted by Crippen LogP contribution is 2.06. The Hall–Kier alpha value is -0.680. The second-order valence-electron chi connectivity index (χ2n) is 2.41. The topological polar surface area (TPSA) is 59.9 Å². The molecule has 0 radical (unpaired) electrons. The Kier molecular flexibility index (Phi) is 3.62. The quantitative estimate of drug-likeness (QED) is 0.707. The van der Waals surface area contributed by atoms with Gasteiger partial charge in [0.25, 0.3) is 0 Å². The molecule has 0 saturated heterocycles. The molecule has 0 amide bonds. The molecule has 0 spiro atoms. The minimum atomic E-state index is -3.28. The van der Waals surface area contributed by atoms with Gasteiger partial charge in [-0.1, -0.05) is 0 Å². The molecular formula is C7H9ClN2O2S. The van der Waals surface area contributed by atoms with E-state index in [1.54, 1.807) is 0 Å². The second kappa shape index (κ2) is 4.53. The van der Waals surface area contributed by atoms with Crippen LogP contribution < -0.4 is 0 Å². The van der Waals surface area contributed by atoms with Crippen LogP contribution in [0.1, 0.15) is 6.42 Å². The molecule has 0 aliphatic carbocycles. The Morgan fingerprint density at radius 3 is 2.69 bits per heavy atom. The van der Waals surface area contributed by atoms with Gasteiger partial charge in [0.2, 0.25) is 0 Å². The van der Waals surface area contributed by atoms with Crippen LogP contribution in [0.5, 0.6) is 0 Å². The van der Waals surface area contributed by atoms with Crippen molar-refractivity contribution in [1.82, 2.24) is 9.97 Å². The van der Waals surface area contributed by atoms with Gasteiger partial charge in [-0.05, 0) is 6.42 Å². The van der Waals surface area contributed by atoms with Crippen molar-refractivity contribution in [2.24, 2.45) is 0 Å². The molecule has 1 aromatic heterocycles. The van der Waals surface area contributed by atoms with Crippen LogP contribution in [0.4, 0.5) is 0 Å². The SMILES string of the molecule is O=S(=O)(CCCCl)c1cnccn1. The van der Waals surface area contributed by atoms with E-state index < -0.39 is 9.84 Å². The molecule has 0 aromatic carbocycles. The monoisotopic (exact) mass is 220 g/mol. The normalized spacial score (nSPS) is 11.5. The van der Waals surface area contributed by atoms with Gasteiger partial charge in [0, 0.05) is 18.3 Å². The van der Waals surface area contributed by atoms with Crippen molar-refractivity contribution in [3.05, 3.63) is 18.6 Å². The van der Waals surface area contributed by atoms with Gasteiger partial charge in [-0.3, -0.25) is 4.98 Å². The molecular weight excluding hydrogens is 212 g/mol. The number of nitrogens with zero attached hydrogens (tertiary/aromatic N) is 2. The van der Waals surface area contributed by atoms with Crippen molar-refractivity contribution in [3.8, 4) is 0 Å². The predicted octanol–water partition coefficient (Wildman–Crippen LogP) is 0.879. The standard InChI is InChI=1S/C7H9ClN2O2S/c8-2-1-5-13(11,12)7-6-9-3-4-10-7/h3-4,6H,1-2,5H2. The second-order valence-corrected chi connectivity index (χ2v) is 4.84. The first-order valence-electron chi connectivity index (χ1n) is 3.71. The molecule has 6 heteroatoms. The summed E-state index contributed by atoms with van der Waals surface area (Å²) in [6.07, 6.45) is 4.46. The van der Waals surface area contributed by atoms with Gasteiger partial charge in [0.15, 0.2) is 14.9 Å². The third kappa shape index (κ3) is 2.93. The molecule has 0 saturated carbocycles. The molecule has 13 heavy (non-hydrogen) atoms. The van der Waals surface area contributed by atoms with E-state index in [1.165, 1.54) is 18.6 Å². The highest BCUT2D eigenvalue weighted by molar-refractivity contribution is 7.91. The van der Waals surface area contributed by atoms with E-state index in [9.17, 15) is 8.42 Å². The number of alkyl halides is 1. The van der Waals surface area contributed by atoms with E-state index in [0.29, 0.717) is 12.3 Å². The third-order valence-electron chi connectivity index (χ3n) is 1.40. The largest absolute Gasteiger partial charge is 0.260 e. The van der Waals surface area contributed by atoms with E-state index in [1.807, 2.05) is 0 Å². The predicted molar refractivity (Wildman–Crippen MR) is 49.4 cm³/mol. The van der Waals surface area contributed by atoms with Crippen molar-refractivity contribution >= 4 is 21.4 Å². The van der Waals surface area contributed by atoms with Crippen LogP contribution in [0.25, 0.3) is 0 Å². The molecule has 0 N–H and O–H groups in total. The average molecular weight is 221 g/mol. The molecule has 72 valence electrons. The first kappa shape index (κ1) is 10.4. The zero-order chi connectivity index (χ0) is 9.73. The number of sulfone groups is 1. The summed E-state index contributed by atoms with van der Waals surface area (Å²) in [5.74, 6) is 0.356. The Morgan fingerprint density at radius 2 is 2.15 bits per heavy atom. The molecule has 0 bridgehead atoms. The fourth-order valence-corrected chi connectivity index (χ4v) is 2.26. The summed E-state index contributed by atoms with van der Waals surface area (Å²) >= 11 is 5.39. The zero-order valence-corrected chi connectivity index (χ0v) is 8.42. The number of hydrogen-bond donors (Lipinski definition) is 0. The van der Waals surface area contributed by atoms with Crippen LogP contribution in [0.3, 0.4) is 0 Å². The summed E-state index contributed by atoms with van der Waals surface area (Å²) in [6, 6.07) is 0. The number of hydrogen-bond acceptors (Lipinski definition) is 4. The summed E-state index contributed by atoms with van der Waals surface area (Å²) in [7, 11) is -3.28. The highest BCUT2D eigenvalue weighted by atomic mass is 35.5. The molecule has 1 rings (SSSR count). The number of aromatic nitrogens is 2. The van der Waals surface area contributed by atoms with Gasteiger partial charge >= 0.3 is 0 Å². The molecule has 0 aliphatic heterocycles. The summed E-state index contributed by atoms with van der Waals surface area (Å²) in [4.78, 5) is 7.39.